The van der Waals surface area contributed by atoms with Crippen molar-refractivity contribution in [3.8, 4) is 0 Å². The molecule has 4 N–H and O–H groups in total. The zero-order valence-electron chi connectivity index (χ0n) is 11.0. The monoisotopic (exact) mass is 367 g/mol. The summed E-state index contributed by atoms with van der Waals surface area (Å²) in [6, 6.07) is 0.491. The van der Waals surface area contributed by atoms with Gasteiger partial charge in [0.25, 0.3) is 0 Å². The molecule has 0 amide bonds. The van der Waals surface area contributed by atoms with E-state index in [1.54, 1.807) is 0 Å². The zero-order chi connectivity index (χ0) is 12.1. The molecular formula is C13H26IN3O. The van der Waals surface area contributed by atoms with E-state index in [1.165, 1.54) is 32.1 Å². The predicted molar refractivity (Wildman–Crippen MR) is 85.3 cm³/mol. The zero-order valence-corrected chi connectivity index (χ0v) is 13.4. The van der Waals surface area contributed by atoms with Gasteiger partial charge in [0.15, 0.2) is 5.96 Å². The molecule has 0 radical (unpaired) electrons. The molecule has 0 aliphatic heterocycles. The molecule has 0 atom stereocenters. The fourth-order valence-electron chi connectivity index (χ4n) is 2.93. The summed E-state index contributed by atoms with van der Waals surface area (Å²) < 4.78 is 0. The Kier molecular flexibility index (Phi) is 6.70. The minimum atomic E-state index is -0.584. The van der Waals surface area contributed by atoms with E-state index < -0.39 is 5.60 Å². The first-order valence-corrected chi connectivity index (χ1v) is 6.97. The van der Waals surface area contributed by atoms with E-state index in [0.29, 0.717) is 18.5 Å². The Labute approximate surface area is 127 Å². The molecule has 2 fully saturated rings. The smallest absolute Gasteiger partial charge is 0.188 e. The normalized spacial score (nSPS) is 24.6. The Morgan fingerprint density at radius 2 is 1.78 bits per heavy atom. The molecule has 0 aromatic rings. The lowest BCUT2D eigenvalue weighted by Gasteiger charge is -2.24. The second-order valence-electron chi connectivity index (χ2n) is 5.61. The molecule has 2 aliphatic carbocycles. The molecular weight excluding hydrogens is 341 g/mol. The second-order valence-corrected chi connectivity index (χ2v) is 5.61. The lowest BCUT2D eigenvalue weighted by atomic mass is 9.96. The number of hydrogen-bond donors (Lipinski definition) is 3. The minimum Gasteiger partial charge on any atom is -0.388 e. The van der Waals surface area contributed by atoms with Gasteiger partial charge in [-0.1, -0.05) is 32.1 Å². The predicted octanol–water partition coefficient (Wildman–Crippen LogP) is 2.15. The Morgan fingerprint density at radius 1 is 1.17 bits per heavy atom. The van der Waals surface area contributed by atoms with Crippen molar-refractivity contribution in [3.05, 3.63) is 0 Å². The number of aliphatic imine (C=N–C) groups is 1. The molecule has 106 valence electrons. The number of halogens is 1. The maximum Gasteiger partial charge on any atom is 0.188 e. The summed E-state index contributed by atoms with van der Waals surface area (Å²) in [7, 11) is 0. The maximum atomic E-state index is 10.2. The molecule has 18 heavy (non-hydrogen) atoms. The van der Waals surface area contributed by atoms with Crippen LogP contribution in [0.2, 0.25) is 0 Å². The van der Waals surface area contributed by atoms with Gasteiger partial charge in [0.1, 0.15) is 0 Å². The number of rotatable bonds is 3. The van der Waals surface area contributed by atoms with Crippen molar-refractivity contribution < 1.29 is 5.11 Å². The molecule has 0 heterocycles. The van der Waals surface area contributed by atoms with Crippen LogP contribution in [0.4, 0.5) is 0 Å². The third-order valence-corrected chi connectivity index (χ3v) is 4.04. The van der Waals surface area contributed by atoms with E-state index in [9.17, 15) is 5.11 Å². The molecule has 0 aromatic heterocycles. The fraction of sp³-hybridized carbons (Fsp3) is 0.923. The molecule has 5 heteroatoms. The summed E-state index contributed by atoms with van der Waals surface area (Å²) in [5, 5.41) is 13.4. The average molecular weight is 367 g/mol. The quantitative estimate of drug-likeness (QED) is 0.407. The van der Waals surface area contributed by atoms with Gasteiger partial charge in [0, 0.05) is 6.04 Å². The Balaban J connectivity index is 0.00000162. The number of aliphatic hydroxyl groups is 1. The summed E-state index contributed by atoms with van der Waals surface area (Å²) in [5.74, 6) is 0.511. The van der Waals surface area contributed by atoms with Crippen LogP contribution in [-0.4, -0.2) is 29.3 Å². The SMILES string of the molecule is I.NC(=NCC1(O)CCCC1)NC1CCCCC1. The number of nitrogens with two attached hydrogens (primary N) is 1. The van der Waals surface area contributed by atoms with E-state index in [0.717, 1.165) is 25.7 Å². The van der Waals surface area contributed by atoms with Crippen molar-refractivity contribution in [1.82, 2.24) is 5.32 Å². The van der Waals surface area contributed by atoms with Crippen molar-refractivity contribution in [2.75, 3.05) is 6.54 Å². The van der Waals surface area contributed by atoms with Gasteiger partial charge in [-0.25, -0.2) is 0 Å². The fourth-order valence-corrected chi connectivity index (χ4v) is 2.93. The lowest BCUT2D eigenvalue weighted by Crippen LogP contribution is -2.42. The standard InChI is InChI=1S/C13H25N3O.HI/c14-12(16-11-6-2-1-3-7-11)15-10-13(17)8-4-5-9-13;/h11,17H,1-10H2,(H3,14,15,16);1H. The summed E-state index contributed by atoms with van der Waals surface area (Å²) in [6.45, 7) is 0.457. The van der Waals surface area contributed by atoms with Crippen molar-refractivity contribution in [3.63, 3.8) is 0 Å². The topological polar surface area (TPSA) is 70.6 Å². The molecule has 2 rings (SSSR count). The molecule has 2 saturated carbocycles. The summed E-state index contributed by atoms with van der Waals surface area (Å²) in [5.41, 5.74) is 5.28. The number of guanidine groups is 1. The largest absolute Gasteiger partial charge is 0.388 e. The van der Waals surface area contributed by atoms with Crippen molar-refractivity contribution in [2.45, 2.75) is 69.4 Å². The van der Waals surface area contributed by atoms with Crippen LogP contribution >= 0.6 is 24.0 Å². The van der Waals surface area contributed by atoms with Gasteiger partial charge in [-0.2, -0.15) is 0 Å². The summed E-state index contributed by atoms with van der Waals surface area (Å²) in [6.07, 6.45) is 10.3. The first-order valence-electron chi connectivity index (χ1n) is 6.97. The molecule has 4 nitrogen and oxygen atoms in total. The van der Waals surface area contributed by atoms with Crippen LogP contribution in [0.1, 0.15) is 57.8 Å². The third kappa shape index (κ3) is 4.91. The van der Waals surface area contributed by atoms with Gasteiger partial charge >= 0.3 is 0 Å². The summed E-state index contributed by atoms with van der Waals surface area (Å²) >= 11 is 0. The van der Waals surface area contributed by atoms with Crippen LogP contribution in [0, 0.1) is 0 Å². The van der Waals surface area contributed by atoms with Crippen LogP contribution in [0.3, 0.4) is 0 Å². The number of hydrogen-bond acceptors (Lipinski definition) is 2. The Hall–Kier alpha value is -0.0400. The second kappa shape index (κ2) is 7.53. The van der Waals surface area contributed by atoms with E-state index in [2.05, 4.69) is 10.3 Å². The Bertz CT molecular complexity index is 271. The molecule has 2 aliphatic rings. The Morgan fingerprint density at radius 3 is 2.39 bits per heavy atom. The van der Waals surface area contributed by atoms with E-state index in [-0.39, 0.29) is 24.0 Å². The van der Waals surface area contributed by atoms with E-state index >= 15 is 0 Å². The van der Waals surface area contributed by atoms with Gasteiger partial charge in [0.05, 0.1) is 12.1 Å². The molecule has 0 spiro atoms. The number of nitrogens with zero attached hydrogens (tertiary/aromatic N) is 1. The maximum absolute atomic E-state index is 10.2. The van der Waals surface area contributed by atoms with E-state index in [1.807, 2.05) is 0 Å². The van der Waals surface area contributed by atoms with Gasteiger partial charge in [-0.15, -0.1) is 24.0 Å². The highest BCUT2D eigenvalue weighted by Crippen LogP contribution is 2.29. The minimum absolute atomic E-state index is 0. The van der Waals surface area contributed by atoms with Crippen LogP contribution in [0.5, 0.6) is 0 Å². The molecule has 0 saturated heterocycles. The van der Waals surface area contributed by atoms with Gasteiger partial charge in [0.2, 0.25) is 0 Å². The average Bonchev–Trinajstić information content (AvgIpc) is 2.76. The van der Waals surface area contributed by atoms with Gasteiger partial charge in [-0.05, 0) is 25.7 Å². The van der Waals surface area contributed by atoms with E-state index in [4.69, 9.17) is 5.73 Å². The van der Waals surface area contributed by atoms with Crippen molar-refractivity contribution in [1.29, 1.82) is 0 Å². The first kappa shape index (κ1) is 16.0. The van der Waals surface area contributed by atoms with Crippen LogP contribution in [0.15, 0.2) is 4.99 Å². The van der Waals surface area contributed by atoms with Crippen LogP contribution < -0.4 is 11.1 Å². The highest BCUT2D eigenvalue weighted by molar-refractivity contribution is 14.0. The third-order valence-electron chi connectivity index (χ3n) is 4.04. The molecule has 0 aromatic carbocycles. The van der Waals surface area contributed by atoms with Gasteiger partial charge < -0.3 is 16.2 Å². The van der Waals surface area contributed by atoms with Crippen molar-refractivity contribution in [2.24, 2.45) is 10.7 Å². The highest BCUT2D eigenvalue weighted by atomic mass is 127. The number of nitrogens with one attached hydrogen (secondary N) is 1. The first-order chi connectivity index (χ1) is 8.18. The molecule has 0 bridgehead atoms. The lowest BCUT2D eigenvalue weighted by molar-refractivity contribution is 0.0574. The van der Waals surface area contributed by atoms with Crippen LogP contribution in [0.25, 0.3) is 0 Å². The highest BCUT2D eigenvalue weighted by Gasteiger charge is 2.30. The van der Waals surface area contributed by atoms with Crippen molar-refractivity contribution >= 4 is 29.9 Å². The van der Waals surface area contributed by atoms with Gasteiger partial charge in [-0.3, -0.25) is 4.99 Å². The summed E-state index contributed by atoms with van der Waals surface area (Å²) in [4.78, 5) is 4.31. The molecule has 0 unspecified atom stereocenters. The van der Waals surface area contributed by atoms with Crippen LogP contribution in [-0.2, 0) is 0 Å².